The molecule has 0 radical (unpaired) electrons. The van der Waals surface area contributed by atoms with E-state index in [1.54, 1.807) is 6.07 Å². The van der Waals surface area contributed by atoms with E-state index in [4.69, 9.17) is 4.74 Å². The number of carbonyl (C=O) groups excluding carboxylic acids is 1. The number of benzene rings is 2. The lowest BCUT2D eigenvalue weighted by Crippen LogP contribution is -2.43. The fraction of sp³-hybridized carbons (Fsp3) is 0.519. The number of fused-ring (bicyclic) bond motifs is 3. The molecular weight excluding hydrogens is 482 g/mol. The molecule has 5 nitrogen and oxygen atoms in total. The Morgan fingerprint density at radius 1 is 1.30 bits per heavy atom. The van der Waals surface area contributed by atoms with Gasteiger partial charge in [-0.15, -0.1) is 0 Å². The van der Waals surface area contributed by atoms with Crippen molar-refractivity contribution in [2.24, 2.45) is 10.8 Å². The van der Waals surface area contributed by atoms with Gasteiger partial charge in [0.25, 0.3) is 0 Å². The van der Waals surface area contributed by atoms with Gasteiger partial charge in [0, 0.05) is 28.5 Å². The number of hydrogen-bond acceptors (Lipinski definition) is 5. The molecule has 2 bridgehead atoms. The Hall–Kier alpha value is -1.89. The highest BCUT2D eigenvalue weighted by Gasteiger charge is 2.68. The Bertz CT molecular complexity index is 1090. The van der Waals surface area contributed by atoms with Gasteiger partial charge >= 0.3 is 5.97 Å². The van der Waals surface area contributed by atoms with E-state index in [-0.39, 0.29) is 34.4 Å². The molecule has 33 heavy (non-hydrogen) atoms. The van der Waals surface area contributed by atoms with Gasteiger partial charge in [0.15, 0.2) is 0 Å². The van der Waals surface area contributed by atoms with E-state index >= 15 is 0 Å². The molecule has 3 N–H and O–H groups in total. The molecule has 6 heteroatoms. The zero-order chi connectivity index (χ0) is 23.4. The number of aliphatic hydroxyl groups is 1. The molecule has 1 spiro atoms. The first-order valence-corrected chi connectivity index (χ1v) is 12.7. The lowest BCUT2D eigenvalue weighted by Gasteiger charge is -2.44. The molecule has 5 rings (SSSR count). The number of hydrogen-bond donors (Lipinski definition) is 3. The van der Waals surface area contributed by atoms with Crippen LogP contribution in [-0.2, 0) is 16.1 Å². The third kappa shape index (κ3) is 3.53. The highest BCUT2D eigenvalue weighted by Crippen LogP contribution is 2.72. The topological polar surface area (TPSA) is 78.8 Å². The number of esters is 1. The van der Waals surface area contributed by atoms with E-state index < -0.39 is 6.10 Å². The molecule has 3 aliphatic carbocycles. The number of aliphatic hydroxyl groups excluding tert-OH is 1. The van der Waals surface area contributed by atoms with Crippen LogP contribution in [-0.4, -0.2) is 35.4 Å². The minimum atomic E-state index is -0.474. The lowest BCUT2D eigenvalue weighted by molar-refractivity contribution is -0.149. The Labute approximate surface area is 203 Å². The quantitative estimate of drug-likeness (QED) is 0.477. The van der Waals surface area contributed by atoms with Crippen molar-refractivity contribution >= 4 is 21.9 Å². The van der Waals surface area contributed by atoms with E-state index in [0.717, 1.165) is 40.4 Å². The zero-order valence-electron chi connectivity index (χ0n) is 19.2. The lowest BCUT2D eigenvalue weighted by atomic mass is 9.60. The van der Waals surface area contributed by atoms with Crippen LogP contribution >= 0.6 is 15.9 Å². The fourth-order valence-corrected chi connectivity index (χ4v) is 7.63. The molecule has 5 atom stereocenters. The third-order valence-corrected chi connectivity index (χ3v) is 9.03. The average molecular weight is 514 g/mol. The van der Waals surface area contributed by atoms with Crippen LogP contribution in [0.25, 0.3) is 0 Å². The van der Waals surface area contributed by atoms with E-state index in [2.05, 4.69) is 46.4 Å². The Balaban J connectivity index is 1.44. The second kappa shape index (κ2) is 8.40. The van der Waals surface area contributed by atoms with Crippen molar-refractivity contribution in [3.63, 3.8) is 0 Å². The van der Waals surface area contributed by atoms with Crippen LogP contribution in [0.15, 0.2) is 40.9 Å². The molecule has 0 aromatic heterocycles. The number of phenols is 1. The summed E-state index contributed by atoms with van der Waals surface area (Å²) in [5.74, 6) is 0.0812. The number of phenolic OH excluding ortho intramolecular Hbond substituents is 1. The van der Waals surface area contributed by atoms with Crippen LogP contribution < -0.4 is 5.32 Å². The van der Waals surface area contributed by atoms with Crippen molar-refractivity contribution in [2.45, 2.75) is 64.0 Å². The van der Waals surface area contributed by atoms with Gasteiger partial charge in [-0.1, -0.05) is 34.1 Å². The van der Waals surface area contributed by atoms with Crippen molar-refractivity contribution in [3.8, 4) is 5.75 Å². The number of aryl methyl sites for hydroxylation is 1. The number of ether oxygens (including phenoxy) is 1. The predicted molar refractivity (Wildman–Crippen MR) is 130 cm³/mol. The summed E-state index contributed by atoms with van der Waals surface area (Å²) in [6.07, 6.45) is 2.84. The van der Waals surface area contributed by atoms with Gasteiger partial charge in [0.1, 0.15) is 5.75 Å². The first-order valence-electron chi connectivity index (χ1n) is 11.9. The van der Waals surface area contributed by atoms with Gasteiger partial charge in [-0.25, -0.2) is 0 Å². The molecule has 2 fully saturated rings. The third-order valence-electron chi connectivity index (χ3n) is 8.54. The van der Waals surface area contributed by atoms with Crippen LogP contribution in [0.1, 0.15) is 66.7 Å². The maximum absolute atomic E-state index is 13.3. The number of halogens is 1. The highest BCUT2D eigenvalue weighted by atomic mass is 79.9. The molecule has 3 aliphatic rings. The molecule has 2 aromatic carbocycles. The smallest absolute Gasteiger partial charge is 0.314 e. The summed E-state index contributed by atoms with van der Waals surface area (Å²) in [7, 11) is 0. The minimum absolute atomic E-state index is 0.146. The largest absolute Gasteiger partial charge is 0.508 e. The van der Waals surface area contributed by atoms with Gasteiger partial charge in [-0.3, -0.25) is 4.79 Å². The van der Waals surface area contributed by atoms with Crippen LogP contribution in [0.3, 0.4) is 0 Å². The maximum atomic E-state index is 13.3. The summed E-state index contributed by atoms with van der Waals surface area (Å²) in [4.78, 5) is 13.3. The molecule has 0 heterocycles. The van der Waals surface area contributed by atoms with Gasteiger partial charge in [-0.2, -0.15) is 0 Å². The number of nitrogens with one attached hydrogen (secondary N) is 1. The van der Waals surface area contributed by atoms with Crippen molar-refractivity contribution in [1.29, 1.82) is 0 Å². The molecule has 0 unspecified atom stereocenters. The summed E-state index contributed by atoms with van der Waals surface area (Å²) >= 11 is 3.47. The second-order valence-corrected chi connectivity index (χ2v) is 11.1. The summed E-state index contributed by atoms with van der Waals surface area (Å²) in [6, 6.07) is 11.8. The van der Waals surface area contributed by atoms with Gasteiger partial charge < -0.3 is 20.3 Å². The number of rotatable bonds is 6. The Morgan fingerprint density at radius 2 is 2.12 bits per heavy atom. The van der Waals surface area contributed by atoms with Gasteiger partial charge in [0.05, 0.1) is 18.6 Å². The van der Waals surface area contributed by atoms with Crippen LogP contribution in [0.5, 0.6) is 5.75 Å². The summed E-state index contributed by atoms with van der Waals surface area (Å²) in [5.41, 5.74) is 3.81. The predicted octanol–water partition coefficient (Wildman–Crippen LogP) is 4.92. The maximum Gasteiger partial charge on any atom is 0.314 e. The fourth-order valence-electron chi connectivity index (χ4n) is 7.23. The molecule has 0 amide bonds. The summed E-state index contributed by atoms with van der Waals surface area (Å²) < 4.78 is 6.52. The molecule has 0 aliphatic heterocycles. The molecule has 2 saturated carbocycles. The number of aromatic hydroxyl groups is 1. The first kappa shape index (κ1) is 22.9. The minimum Gasteiger partial charge on any atom is -0.508 e. The van der Waals surface area contributed by atoms with Crippen molar-refractivity contribution in [1.82, 2.24) is 5.32 Å². The molecule has 0 saturated heterocycles. The van der Waals surface area contributed by atoms with E-state index in [1.807, 2.05) is 19.1 Å². The van der Waals surface area contributed by atoms with E-state index in [0.29, 0.717) is 26.1 Å². The van der Waals surface area contributed by atoms with Crippen molar-refractivity contribution in [3.05, 3.63) is 63.1 Å². The zero-order valence-corrected chi connectivity index (χ0v) is 20.8. The monoisotopic (exact) mass is 513 g/mol. The Morgan fingerprint density at radius 3 is 2.91 bits per heavy atom. The van der Waals surface area contributed by atoms with Crippen molar-refractivity contribution < 1.29 is 19.7 Å². The molecule has 2 aromatic rings. The number of carbonyl (C=O) groups is 1. The molecular formula is C27H32BrNO4. The Kier molecular flexibility index (Phi) is 5.82. The summed E-state index contributed by atoms with van der Waals surface area (Å²) in [5, 5.41) is 25.1. The normalized spacial score (nSPS) is 31.8. The van der Waals surface area contributed by atoms with E-state index in [9.17, 15) is 15.0 Å². The van der Waals surface area contributed by atoms with Crippen molar-refractivity contribution in [2.75, 3.05) is 13.2 Å². The highest BCUT2D eigenvalue weighted by molar-refractivity contribution is 9.10. The van der Waals surface area contributed by atoms with Crippen LogP contribution in [0.4, 0.5) is 0 Å². The van der Waals surface area contributed by atoms with Gasteiger partial charge in [-0.05, 0) is 85.8 Å². The standard InChI is InChI=1S/C27H32BrNO4/c1-3-33-25(32)24-23-16(2)5-4-6-19(23)20-9-10-26(14-27(20,24)12-22(26)31)15-29-13-17-11-18(28)7-8-21(17)30/h4-8,11,20,22,24,29-31H,3,9-10,12-15H2,1-2H3/t20-,22-,24-,26+,27-/m1/s1. The first-order chi connectivity index (χ1) is 15.8. The van der Waals surface area contributed by atoms with Crippen LogP contribution in [0, 0.1) is 17.8 Å². The summed E-state index contributed by atoms with van der Waals surface area (Å²) in [6.45, 7) is 5.49. The van der Waals surface area contributed by atoms with E-state index in [1.165, 1.54) is 5.56 Å². The second-order valence-electron chi connectivity index (χ2n) is 10.2. The van der Waals surface area contributed by atoms with Gasteiger partial charge in [0.2, 0.25) is 0 Å². The van der Waals surface area contributed by atoms with Crippen LogP contribution in [0.2, 0.25) is 0 Å². The SMILES string of the molecule is CCOC(=O)[C@H]1c2c(C)cccc2[C@H]2CC[C@@]3(CNCc4cc(Br)ccc4O)C[C@]21C[C@H]3O. The average Bonchev–Trinajstić information content (AvgIpc) is 3.18. The molecule has 176 valence electrons.